The molecule has 1 aromatic carbocycles. The minimum Gasteiger partial charge on any atom is -0.467 e. The van der Waals surface area contributed by atoms with E-state index in [1.807, 2.05) is 23.1 Å². The minimum atomic E-state index is -1.14. The van der Waals surface area contributed by atoms with Gasteiger partial charge in [0.05, 0.1) is 19.3 Å². The molecule has 1 atom stereocenters. The van der Waals surface area contributed by atoms with Crippen LogP contribution in [0.25, 0.3) is 0 Å². The zero-order chi connectivity index (χ0) is 22.0. The van der Waals surface area contributed by atoms with Crippen molar-refractivity contribution in [3.63, 3.8) is 0 Å². The Balaban J connectivity index is 1.57. The van der Waals surface area contributed by atoms with E-state index >= 15 is 0 Å². The average Bonchev–Trinajstić information content (AvgIpc) is 2.78. The Labute approximate surface area is 185 Å². The number of methoxy groups -OCH3 is 1. The van der Waals surface area contributed by atoms with Crippen molar-refractivity contribution in [2.45, 2.75) is 25.6 Å². The van der Waals surface area contributed by atoms with Gasteiger partial charge in [0.15, 0.2) is 6.04 Å². The molecule has 1 aromatic heterocycles. The standard InChI is InChI=1S/C21H24ClN5O4/c1-31-19(28)17-13-26(9-10-27(17)21(29)30)18-15-7-8-25(11-14-5-3-2-4-6-14)12-16(15)23-20(22)24-18/h2-6,17H,7-13H2,1H3,(H,29,30). The van der Waals surface area contributed by atoms with Crippen molar-refractivity contribution < 1.29 is 19.4 Å². The van der Waals surface area contributed by atoms with Crippen LogP contribution in [-0.4, -0.2) is 76.3 Å². The molecule has 3 heterocycles. The van der Waals surface area contributed by atoms with E-state index in [1.165, 1.54) is 12.7 Å². The molecule has 1 saturated heterocycles. The first-order valence-corrected chi connectivity index (χ1v) is 10.5. The van der Waals surface area contributed by atoms with Crippen molar-refractivity contribution in [3.8, 4) is 0 Å². The number of fused-ring (bicyclic) bond motifs is 1. The number of carbonyl (C=O) groups excluding carboxylic acids is 1. The zero-order valence-corrected chi connectivity index (χ0v) is 18.0. The van der Waals surface area contributed by atoms with Crippen molar-refractivity contribution in [1.82, 2.24) is 19.8 Å². The number of amides is 1. The molecule has 2 aliphatic heterocycles. The van der Waals surface area contributed by atoms with E-state index in [0.29, 0.717) is 18.9 Å². The second-order valence-electron chi connectivity index (χ2n) is 7.65. The molecule has 1 amide bonds. The fraction of sp³-hybridized carbons (Fsp3) is 0.429. The molecule has 0 aliphatic carbocycles. The van der Waals surface area contributed by atoms with Crippen LogP contribution in [0.15, 0.2) is 30.3 Å². The minimum absolute atomic E-state index is 0.144. The highest BCUT2D eigenvalue weighted by Crippen LogP contribution is 2.30. The molecule has 1 fully saturated rings. The molecule has 2 aliphatic rings. The second kappa shape index (κ2) is 9.07. The Hall–Kier alpha value is -2.91. The number of esters is 1. The van der Waals surface area contributed by atoms with Crippen molar-refractivity contribution >= 4 is 29.5 Å². The molecular formula is C21H24ClN5O4. The third kappa shape index (κ3) is 4.57. The Morgan fingerprint density at radius 1 is 1.19 bits per heavy atom. The smallest absolute Gasteiger partial charge is 0.408 e. The van der Waals surface area contributed by atoms with Crippen molar-refractivity contribution in [2.75, 3.05) is 38.2 Å². The Morgan fingerprint density at radius 3 is 2.68 bits per heavy atom. The molecule has 0 radical (unpaired) electrons. The maximum absolute atomic E-state index is 12.2. The molecule has 2 aromatic rings. The van der Waals surface area contributed by atoms with Gasteiger partial charge in [-0.3, -0.25) is 9.80 Å². The maximum Gasteiger partial charge on any atom is 0.408 e. The van der Waals surface area contributed by atoms with E-state index in [1.54, 1.807) is 0 Å². The van der Waals surface area contributed by atoms with Gasteiger partial charge in [-0.05, 0) is 23.6 Å². The van der Waals surface area contributed by atoms with Crippen molar-refractivity contribution in [3.05, 3.63) is 52.4 Å². The highest BCUT2D eigenvalue weighted by molar-refractivity contribution is 6.28. The number of rotatable bonds is 4. The number of halogens is 1. The Kier molecular flexibility index (Phi) is 6.24. The average molecular weight is 446 g/mol. The summed E-state index contributed by atoms with van der Waals surface area (Å²) in [5.41, 5.74) is 3.10. The van der Waals surface area contributed by atoms with Crippen LogP contribution in [0.5, 0.6) is 0 Å². The van der Waals surface area contributed by atoms with Crippen LogP contribution in [0, 0.1) is 0 Å². The Morgan fingerprint density at radius 2 is 1.97 bits per heavy atom. The first-order valence-electron chi connectivity index (χ1n) is 10.1. The van der Waals surface area contributed by atoms with E-state index in [9.17, 15) is 14.7 Å². The zero-order valence-electron chi connectivity index (χ0n) is 17.2. The van der Waals surface area contributed by atoms with Gasteiger partial charge in [0.2, 0.25) is 5.28 Å². The summed E-state index contributed by atoms with van der Waals surface area (Å²) >= 11 is 6.25. The normalized spacial score (nSPS) is 19.1. The van der Waals surface area contributed by atoms with Gasteiger partial charge in [-0.1, -0.05) is 30.3 Å². The van der Waals surface area contributed by atoms with Gasteiger partial charge in [0.25, 0.3) is 0 Å². The van der Waals surface area contributed by atoms with Crippen molar-refractivity contribution in [1.29, 1.82) is 0 Å². The van der Waals surface area contributed by atoms with E-state index in [-0.39, 0.29) is 18.4 Å². The topological polar surface area (TPSA) is 99.1 Å². The number of ether oxygens (including phenoxy) is 1. The predicted octanol–water partition coefficient (Wildman–Crippen LogP) is 2.03. The quantitative estimate of drug-likeness (QED) is 0.563. The summed E-state index contributed by atoms with van der Waals surface area (Å²) in [5, 5.41) is 9.59. The van der Waals surface area contributed by atoms with Gasteiger partial charge < -0.3 is 14.7 Å². The number of hydrogen-bond acceptors (Lipinski definition) is 7. The first kappa shape index (κ1) is 21.3. The number of nitrogens with zero attached hydrogens (tertiary/aromatic N) is 5. The molecule has 1 unspecified atom stereocenters. The molecule has 1 N–H and O–H groups in total. The fourth-order valence-electron chi connectivity index (χ4n) is 4.22. The number of piperazine rings is 1. The lowest BCUT2D eigenvalue weighted by atomic mass is 10.0. The molecular weight excluding hydrogens is 422 g/mol. The van der Waals surface area contributed by atoms with Gasteiger partial charge >= 0.3 is 12.1 Å². The van der Waals surface area contributed by atoms with Gasteiger partial charge in [0, 0.05) is 38.3 Å². The third-order valence-electron chi connectivity index (χ3n) is 5.74. The molecule has 10 heteroatoms. The van der Waals surface area contributed by atoms with Gasteiger partial charge in [-0.2, -0.15) is 0 Å². The number of aromatic nitrogens is 2. The SMILES string of the molecule is COC(=O)C1CN(c2nc(Cl)nc3c2CCN(Cc2ccccc2)C3)CCN1C(=O)O. The number of carbonyl (C=O) groups is 2. The summed E-state index contributed by atoms with van der Waals surface area (Å²) in [6.45, 7) is 3.05. The summed E-state index contributed by atoms with van der Waals surface area (Å²) in [5.74, 6) is 0.0865. The van der Waals surface area contributed by atoms with E-state index in [0.717, 1.165) is 35.7 Å². The number of carboxylic acid groups (broad SMARTS) is 1. The third-order valence-corrected chi connectivity index (χ3v) is 5.91. The second-order valence-corrected chi connectivity index (χ2v) is 7.99. The number of hydrogen-bond donors (Lipinski definition) is 1. The van der Waals surface area contributed by atoms with Crippen LogP contribution in [0.1, 0.15) is 16.8 Å². The summed E-state index contributed by atoms with van der Waals surface area (Å²) in [6, 6.07) is 9.34. The summed E-state index contributed by atoms with van der Waals surface area (Å²) in [6.07, 6.45) is -0.397. The molecule has 0 bridgehead atoms. The van der Waals surface area contributed by atoms with Crippen LogP contribution in [0.3, 0.4) is 0 Å². The van der Waals surface area contributed by atoms with Gasteiger partial charge in [-0.25, -0.2) is 19.6 Å². The molecule has 0 spiro atoms. The summed E-state index contributed by atoms with van der Waals surface area (Å²) in [7, 11) is 1.26. The Bertz CT molecular complexity index is 974. The summed E-state index contributed by atoms with van der Waals surface area (Å²) < 4.78 is 4.83. The number of benzene rings is 1. The monoisotopic (exact) mass is 445 g/mol. The lowest BCUT2D eigenvalue weighted by Gasteiger charge is -2.40. The van der Waals surface area contributed by atoms with Crippen LogP contribution in [0.2, 0.25) is 5.28 Å². The van der Waals surface area contributed by atoms with Crippen LogP contribution in [-0.2, 0) is 29.0 Å². The molecule has 31 heavy (non-hydrogen) atoms. The van der Waals surface area contributed by atoms with E-state index < -0.39 is 18.1 Å². The van der Waals surface area contributed by atoms with Crippen LogP contribution < -0.4 is 4.90 Å². The van der Waals surface area contributed by atoms with Gasteiger partial charge in [0.1, 0.15) is 5.82 Å². The molecule has 4 rings (SSSR count). The maximum atomic E-state index is 12.2. The first-order chi connectivity index (χ1) is 15.0. The highest BCUT2D eigenvalue weighted by atomic mass is 35.5. The molecule has 0 saturated carbocycles. The lowest BCUT2D eigenvalue weighted by Crippen LogP contribution is -2.58. The largest absolute Gasteiger partial charge is 0.467 e. The molecule has 9 nitrogen and oxygen atoms in total. The van der Waals surface area contributed by atoms with Crippen LogP contribution >= 0.6 is 11.6 Å². The highest BCUT2D eigenvalue weighted by Gasteiger charge is 2.38. The van der Waals surface area contributed by atoms with E-state index in [2.05, 4.69) is 27.0 Å². The number of anilines is 1. The van der Waals surface area contributed by atoms with E-state index in [4.69, 9.17) is 16.3 Å². The lowest BCUT2D eigenvalue weighted by molar-refractivity contribution is -0.146. The predicted molar refractivity (Wildman–Crippen MR) is 114 cm³/mol. The van der Waals surface area contributed by atoms with Crippen LogP contribution in [0.4, 0.5) is 10.6 Å². The van der Waals surface area contributed by atoms with Crippen molar-refractivity contribution in [2.24, 2.45) is 0 Å². The molecule has 164 valence electrons. The van der Waals surface area contributed by atoms with Gasteiger partial charge in [-0.15, -0.1) is 0 Å². The summed E-state index contributed by atoms with van der Waals surface area (Å²) in [4.78, 5) is 38.0. The fourth-order valence-corrected chi connectivity index (χ4v) is 4.40.